The van der Waals surface area contributed by atoms with E-state index in [9.17, 15) is 4.79 Å². The molecule has 5 heteroatoms. The van der Waals surface area contributed by atoms with Crippen molar-refractivity contribution in [2.75, 3.05) is 12.4 Å². The number of nitrogens with one attached hydrogen (secondary N) is 1. The number of anilines is 2. The van der Waals surface area contributed by atoms with E-state index in [0.29, 0.717) is 5.69 Å². The van der Waals surface area contributed by atoms with Crippen molar-refractivity contribution in [1.82, 2.24) is 4.98 Å². The average Bonchev–Trinajstić information content (AvgIpc) is 2.39. The zero-order chi connectivity index (χ0) is 13.8. The van der Waals surface area contributed by atoms with Crippen molar-refractivity contribution in [2.45, 2.75) is 6.92 Å². The van der Waals surface area contributed by atoms with Crippen LogP contribution in [0.15, 0.2) is 36.7 Å². The molecule has 5 nitrogen and oxygen atoms in total. The molecule has 0 aliphatic heterocycles. The van der Waals surface area contributed by atoms with E-state index in [-0.39, 0.29) is 5.56 Å². The van der Waals surface area contributed by atoms with Crippen LogP contribution in [-0.2, 0) is 0 Å². The van der Waals surface area contributed by atoms with Crippen LogP contribution in [0.1, 0.15) is 15.9 Å². The number of carboxylic acid groups (broad SMARTS) is 1. The van der Waals surface area contributed by atoms with Crippen LogP contribution >= 0.6 is 0 Å². The van der Waals surface area contributed by atoms with Crippen molar-refractivity contribution < 1.29 is 14.6 Å². The van der Waals surface area contributed by atoms with Gasteiger partial charge in [0.05, 0.1) is 24.6 Å². The topological polar surface area (TPSA) is 71.5 Å². The number of pyridine rings is 1. The zero-order valence-corrected chi connectivity index (χ0v) is 10.7. The molecule has 0 aliphatic carbocycles. The van der Waals surface area contributed by atoms with E-state index in [1.165, 1.54) is 18.5 Å². The summed E-state index contributed by atoms with van der Waals surface area (Å²) < 4.78 is 5.18. The summed E-state index contributed by atoms with van der Waals surface area (Å²) in [5.74, 6) is -0.203. The number of carbonyl (C=O) groups is 1. The largest absolute Gasteiger partial charge is 0.496 e. The smallest absolute Gasteiger partial charge is 0.337 e. The Morgan fingerprint density at radius 3 is 2.79 bits per heavy atom. The maximum Gasteiger partial charge on any atom is 0.337 e. The second-order valence-corrected chi connectivity index (χ2v) is 4.04. The summed E-state index contributed by atoms with van der Waals surface area (Å²) in [6.07, 6.45) is 2.94. The maximum absolute atomic E-state index is 11.1. The van der Waals surface area contributed by atoms with Gasteiger partial charge in [-0.2, -0.15) is 0 Å². The summed E-state index contributed by atoms with van der Waals surface area (Å²) in [6, 6.07) is 7.00. The third-order valence-electron chi connectivity index (χ3n) is 2.73. The minimum absolute atomic E-state index is 0.184. The molecule has 0 unspecified atom stereocenters. The summed E-state index contributed by atoms with van der Waals surface area (Å²) in [7, 11) is 1.61. The fourth-order valence-corrected chi connectivity index (χ4v) is 1.79. The van der Waals surface area contributed by atoms with E-state index in [1.54, 1.807) is 7.11 Å². The maximum atomic E-state index is 11.1. The number of aryl methyl sites for hydroxylation is 1. The molecule has 0 aliphatic rings. The predicted molar refractivity (Wildman–Crippen MR) is 72.2 cm³/mol. The van der Waals surface area contributed by atoms with Gasteiger partial charge in [-0.25, -0.2) is 4.79 Å². The van der Waals surface area contributed by atoms with E-state index >= 15 is 0 Å². The second-order valence-electron chi connectivity index (χ2n) is 4.04. The fourth-order valence-electron chi connectivity index (χ4n) is 1.79. The number of nitrogens with zero attached hydrogens (tertiary/aromatic N) is 1. The monoisotopic (exact) mass is 258 g/mol. The van der Waals surface area contributed by atoms with E-state index < -0.39 is 5.97 Å². The normalized spacial score (nSPS) is 10.0. The lowest BCUT2D eigenvalue weighted by atomic mass is 10.1. The molecule has 0 amide bonds. The number of ether oxygens (including phenoxy) is 1. The third kappa shape index (κ3) is 2.82. The van der Waals surface area contributed by atoms with Gasteiger partial charge in [-0.3, -0.25) is 4.98 Å². The molecule has 2 rings (SSSR count). The van der Waals surface area contributed by atoms with Crippen LogP contribution in [0.4, 0.5) is 11.4 Å². The number of rotatable bonds is 4. The number of aromatic nitrogens is 1. The number of aromatic carboxylic acids is 1. The molecule has 0 atom stereocenters. The molecule has 1 heterocycles. The minimum Gasteiger partial charge on any atom is -0.496 e. The first-order valence-electron chi connectivity index (χ1n) is 5.71. The van der Waals surface area contributed by atoms with Crippen molar-refractivity contribution >= 4 is 17.3 Å². The minimum atomic E-state index is -0.991. The highest BCUT2D eigenvalue weighted by atomic mass is 16.5. The summed E-state index contributed by atoms with van der Waals surface area (Å²) in [5.41, 5.74) is 2.39. The molecule has 0 saturated heterocycles. The molecule has 0 radical (unpaired) electrons. The number of methoxy groups -OCH3 is 1. The third-order valence-corrected chi connectivity index (χ3v) is 2.73. The highest BCUT2D eigenvalue weighted by molar-refractivity contribution is 5.94. The van der Waals surface area contributed by atoms with Gasteiger partial charge in [-0.05, 0) is 36.8 Å². The van der Waals surface area contributed by atoms with Crippen LogP contribution in [0, 0.1) is 6.92 Å². The second kappa shape index (κ2) is 5.39. The Balaban J connectivity index is 2.31. The lowest BCUT2D eigenvalue weighted by Gasteiger charge is -2.11. The van der Waals surface area contributed by atoms with Gasteiger partial charge < -0.3 is 15.2 Å². The summed E-state index contributed by atoms with van der Waals surface area (Å²) in [5, 5.41) is 12.1. The van der Waals surface area contributed by atoms with Crippen LogP contribution < -0.4 is 10.1 Å². The molecule has 0 bridgehead atoms. The number of carboxylic acids is 1. The summed E-state index contributed by atoms with van der Waals surface area (Å²) in [4.78, 5) is 15.0. The Morgan fingerprint density at radius 1 is 1.37 bits per heavy atom. The molecule has 1 aromatic heterocycles. The molecule has 1 aromatic carbocycles. The van der Waals surface area contributed by atoms with Crippen molar-refractivity contribution in [2.24, 2.45) is 0 Å². The predicted octanol–water partition coefficient (Wildman–Crippen LogP) is 2.84. The highest BCUT2D eigenvalue weighted by Crippen LogP contribution is 2.25. The van der Waals surface area contributed by atoms with Crippen molar-refractivity contribution in [3.8, 4) is 5.75 Å². The summed E-state index contributed by atoms with van der Waals surface area (Å²) >= 11 is 0. The molecule has 0 fully saturated rings. The van der Waals surface area contributed by atoms with Gasteiger partial charge in [0, 0.05) is 11.9 Å². The van der Waals surface area contributed by atoms with Gasteiger partial charge in [0.15, 0.2) is 0 Å². The van der Waals surface area contributed by atoms with Gasteiger partial charge >= 0.3 is 5.97 Å². The van der Waals surface area contributed by atoms with Crippen LogP contribution in [-0.4, -0.2) is 23.2 Å². The molecular weight excluding hydrogens is 244 g/mol. The van der Waals surface area contributed by atoms with E-state index in [0.717, 1.165) is 17.0 Å². The number of hydrogen-bond donors (Lipinski definition) is 2. The Labute approximate surface area is 110 Å². The molecular formula is C14H14N2O3. The Bertz CT molecular complexity index is 611. The van der Waals surface area contributed by atoms with E-state index in [1.807, 2.05) is 25.1 Å². The molecule has 2 N–H and O–H groups in total. The number of hydrogen-bond acceptors (Lipinski definition) is 4. The lowest BCUT2D eigenvalue weighted by Crippen LogP contribution is -2.03. The molecule has 98 valence electrons. The molecule has 0 spiro atoms. The van der Waals surface area contributed by atoms with Crippen molar-refractivity contribution in [1.29, 1.82) is 0 Å². The quantitative estimate of drug-likeness (QED) is 0.882. The van der Waals surface area contributed by atoms with Crippen molar-refractivity contribution in [3.05, 3.63) is 47.8 Å². The molecule has 19 heavy (non-hydrogen) atoms. The average molecular weight is 258 g/mol. The fraction of sp³-hybridized carbons (Fsp3) is 0.143. The van der Waals surface area contributed by atoms with Crippen LogP contribution in [0.25, 0.3) is 0 Å². The summed E-state index contributed by atoms with van der Waals surface area (Å²) in [6.45, 7) is 1.92. The van der Waals surface area contributed by atoms with E-state index in [2.05, 4.69) is 10.3 Å². The molecule has 0 saturated carbocycles. The molecule has 2 aromatic rings. The van der Waals surface area contributed by atoms with Gasteiger partial charge in [0.1, 0.15) is 5.75 Å². The highest BCUT2D eigenvalue weighted by Gasteiger charge is 2.10. The Kier molecular flexibility index (Phi) is 3.66. The van der Waals surface area contributed by atoms with Gasteiger partial charge in [0.2, 0.25) is 0 Å². The van der Waals surface area contributed by atoms with Crippen LogP contribution in [0.2, 0.25) is 0 Å². The first-order valence-corrected chi connectivity index (χ1v) is 5.71. The lowest BCUT2D eigenvalue weighted by molar-refractivity contribution is 0.0698. The Morgan fingerprint density at radius 2 is 2.16 bits per heavy atom. The van der Waals surface area contributed by atoms with Crippen molar-refractivity contribution in [3.63, 3.8) is 0 Å². The first-order chi connectivity index (χ1) is 9.11. The standard InChI is InChI=1S/C14H14N2O3/c1-9-7-10(3-4-13(9)19-2)16-12-8-15-6-5-11(12)14(17)18/h3-8,16H,1-2H3,(H,17,18). The first kappa shape index (κ1) is 12.9. The van der Waals surface area contributed by atoms with E-state index in [4.69, 9.17) is 9.84 Å². The SMILES string of the molecule is COc1ccc(Nc2cnccc2C(=O)O)cc1C. The zero-order valence-electron chi connectivity index (χ0n) is 10.7. The Hall–Kier alpha value is -2.56. The van der Waals surface area contributed by atoms with Crippen LogP contribution in [0.3, 0.4) is 0 Å². The van der Waals surface area contributed by atoms with Gasteiger partial charge in [0.25, 0.3) is 0 Å². The number of benzene rings is 1. The van der Waals surface area contributed by atoms with Gasteiger partial charge in [-0.15, -0.1) is 0 Å². The van der Waals surface area contributed by atoms with Gasteiger partial charge in [-0.1, -0.05) is 0 Å². The van der Waals surface area contributed by atoms with Crippen LogP contribution in [0.5, 0.6) is 5.75 Å².